The predicted octanol–water partition coefficient (Wildman–Crippen LogP) is 5.06. The monoisotopic (exact) mass is 374 g/mol. The zero-order valence-electron chi connectivity index (χ0n) is 16.8. The highest BCUT2D eigenvalue weighted by Crippen LogP contribution is 2.24. The molecule has 1 amide bonds. The molecule has 4 nitrogen and oxygen atoms in total. The van der Waals surface area contributed by atoms with E-state index in [4.69, 9.17) is 4.74 Å². The van der Waals surface area contributed by atoms with E-state index in [0.29, 0.717) is 5.75 Å². The molecule has 0 bridgehead atoms. The minimum atomic E-state index is -0.292. The third kappa shape index (κ3) is 4.97. The van der Waals surface area contributed by atoms with E-state index in [1.54, 1.807) is 0 Å². The summed E-state index contributed by atoms with van der Waals surface area (Å²) in [6.45, 7) is 8.27. The molecule has 0 aliphatic carbocycles. The minimum Gasteiger partial charge on any atom is -0.484 e. The van der Waals surface area contributed by atoms with Gasteiger partial charge in [0.15, 0.2) is 6.61 Å². The summed E-state index contributed by atoms with van der Waals surface area (Å²) in [5.74, 6) is 0.374. The van der Waals surface area contributed by atoms with Gasteiger partial charge in [-0.25, -0.2) is 5.43 Å². The molecule has 0 radical (unpaired) electrons. The van der Waals surface area contributed by atoms with Gasteiger partial charge in [0.1, 0.15) is 5.75 Å². The van der Waals surface area contributed by atoms with Crippen LogP contribution in [-0.4, -0.2) is 18.2 Å². The van der Waals surface area contributed by atoms with E-state index in [0.717, 1.165) is 16.7 Å². The van der Waals surface area contributed by atoms with Crippen LogP contribution in [0.1, 0.15) is 38.8 Å². The van der Waals surface area contributed by atoms with Crippen molar-refractivity contribution in [3.8, 4) is 5.75 Å². The zero-order valence-corrected chi connectivity index (χ0v) is 16.8. The average Bonchev–Trinajstić information content (AvgIpc) is 2.69. The van der Waals surface area contributed by atoms with Crippen LogP contribution in [0.3, 0.4) is 0 Å². The van der Waals surface area contributed by atoms with Crippen LogP contribution in [0.15, 0.2) is 71.8 Å². The molecule has 0 saturated carbocycles. The van der Waals surface area contributed by atoms with Crippen molar-refractivity contribution in [3.63, 3.8) is 0 Å². The van der Waals surface area contributed by atoms with E-state index in [9.17, 15) is 4.79 Å². The molecular formula is C24H26N2O2. The molecule has 0 saturated heterocycles. The van der Waals surface area contributed by atoms with Crippen LogP contribution in [0.5, 0.6) is 5.75 Å². The maximum absolute atomic E-state index is 12.0. The first-order chi connectivity index (χ1) is 13.3. The molecule has 4 heteroatoms. The summed E-state index contributed by atoms with van der Waals surface area (Å²) in [6, 6.07) is 22.1. The lowest BCUT2D eigenvalue weighted by atomic mass is 9.87. The van der Waals surface area contributed by atoms with Crippen molar-refractivity contribution in [3.05, 3.63) is 77.9 Å². The molecule has 3 rings (SSSR count). The highest BCUT2D eigenvalue weighted by Gasteiger charge is 2.13. The van der Waals surface area contributed by atoms with Gasteiger partial charge >= 0.3 is 0 Å². The van der Waals surface area contributed by atoms with Gasteiger partial charge in [-0.15, -0.1) is 0 Å². The van der Waals surface area contributed by atoms with Crippen molar-refractivity contribution in [2.75, 3.05) is 6.61 Å². The van der Waals surface area contributed by atoms with Crippen LogP contribution in [0.25, 0.3) is 10.8 Å². The maximum Gasteiger partial charge on any atom is 0.277 e. The normalized spacial score (nSPS) is 12.1. The fraction of sp³-hybridized carbons (Fsp3) is 0.250. The topological polar surface area (TPSA) is 50.7 Å². The Hall–Kier alpha value is -3.14. The summed E-state index contributed by atoms with van der Waals surface area (Å²) >= 11 is 0. The molecule has 0 aliphatic heterocycles. The number of carbonyl (C=O) groups is 1. The summed E-state index contributed by atoms with van der Waals surface area (Å²) in [5, 5.41) is 6.51. The van der Waals surface area contributed by atoms with Crippen LogP contribution in [0.4, 0.5) is 0 Å². The summed E-state index contributed by atoms with van der Waals surface area (Å²) in [7, 11) is 0. The number of amides is 1. The summed E-state index contributed by atoms with van der Waals surface area (Å²) in [4.78, 5) is 12.0. The van der Waals surface area contributed by atoms with Gasteiger partial charge in [-0.3, -0.25) is 4.79 Å². The van der Waals surface area contributed by atoms with Crippen LogP contribution in [-0.2, 0) is 10.2 Å². The Kier molecular flexibility index (Phi) is 5.78. The number of hydrogen-bond donors (Lipinski definition) is 1. The molecular weight excluding hydrogens is 348 g/mol. The molecule has 0 aliphatic rings. The third-order valence-corrected chi connectivity index (χ3v) is 4.61. The number of rotatable bonds is 5. The van der Waals surface area contributed by atoms with E-state index >= 15 is 0 Å². The number of fused-ring (bicyclic) bond motifs is 1. The van der Waals surface area contributed by atoms with Crippen molar-refractivity contribution in [1.29, 1.82) is 0 Å². The lowest BCUT2D eigenvalue weighted by molar-refractivity contribution is -0.123. The Morgan fingerprint density at radius 1 is 0.964 bits per heavy atom. The van der Waals surface area contributed by atoms with Gasteiger partial charge in [-0.05, 0) is 52.4 Å². The first-order valence-corrected chi connectivity index (χ1v) is 9.38. The first kappa shape index (κ1) is 19.6. The smallest absolute Gasteiger partial charge is 0.277 e. The van der Waals surface area contributed by atoms with Crippen molar-refractivity contribution in [2.24, 2.45) is 5.10 Å². The molecule has 1 N–H and O–H groups in total. The number of carbonyl (C=O) groups excluding carboxylic acids is 1. The van der Waals surface area contributed by atoms with Gasteiger partial charge in [0.2, 0.25) is 0 Å². The van der Waals surface area contributed by atoms with E-state index in [1.807, 2.05) is 49.4 Å². The van der Waals surface area contributed by atoms with Gasteiger partial charge < -0.3 is 4.74 Å². The quantitative estimate of drug-likeness (QED) is 0.501. The Labute approximate surface area is 166 Å². The van der Waals surface area contributed by atoms with Gasteiger partial charge in [-0.2, -0.15) is 5.10 Å². The standard InChI is InChI=1S/C24H26N2O2/c1-17(19-10-9-18-7-5-6-8-20(18)15-19)25-26-23(27)16-28-22-13-11-21(12-14-22)24(2,3)4/h5-15H,16H2,1-4H3,(H,26,27)/b25-17+. The number of hydrogen-bond acceptors (Lipinski definition) is 3. The molecule has 28 heavy (non-hydrogen) atoms. The predicted molar refractivity (Wildman–Crippen MR) is 115 cm³/mol. The van der Waals surface area contributed by atoms with Crippen LogP contribution in [0, 0.1) is 0 Å². The number of hydrazone groups is 1. The highest BCUT2D eigenvalue weighted by molar-refractivity contribution is 6.02. The molecule has 0 unspecified atom stereocenters. The Morgan fingerprint density at radius 2 is 1.64 bits per heavy atom. The molecule has 3 aromatic rings. The third-order valence-electron chi connectivity index (χ3n) is 4.61. The molecule has 3 aromatic carbocycles. The van der Waals surface area contributed by atoms with E-state index in [2.05, 4.69) is 55.6 Å². The lowest BCUT2D eigenvalue weighted by Crippen LogP contribution is -2.25. The second-order valence-corrected chi connectivity index (χ2v) is 7.86. The summed E-state index contributed by atoms with van der Waals surface area (Å²) in [5.41, 5.74) is 5.58. The fourth-order valence-corrected chi connectivity index (χ4v) is 2.86. The Bertz CT molecular complexity index is 999. The van der Waals surface area contributed by atoms with Crippen molar-refractivity contribution >= 4 is 22.4 Å². The lowest BCUT2D eigenvalue weighted by Gasteiger charge is -2.19. The fourth-order valence-electron chi connectivity index (χ4n) is 2.86. The summed E-state index contributed by atoms with van der Waals surface area (Å²) < 4.78 is 5.55. The van der Waals surface area contributed by atoms with Gasteiger partial charge in [0, 0.05) is 0 Å². The second kappa shape index (κ2) is 8.26. The molecule has 0 heterocycles. The average molecular weight is 374 g/mol. The molecule has 0 spiro atoms. The maximum atomic E-state index is 12.0. The van der Waals surface area contributed by atoms with Crippen LogP contribution < -0.4 is 10.2 Å². The molecule has 0 aromatic heterocycles. The van der Waals surface area contributed by atoms with Gasteiger partial charge in [0.25, 0.3) is 5.91 Å². The molecule has 144 valence electrons. The van der Waals surface area contributed by atoms with E-state index in [-0.39, 0.29) is 17.9 Å². The highest BCUT2D eigenvalue weighted by atomic mass is 16.5. The number of benzene rings is 3. The van der Waals surface area contributed by atoms with Gasteiger partial charge in [0.05, 0.1) is 5.71 Å². The SMILES string of the molecule is C/C(=N\NC(=O)COc1ccc(C(C)(C)C)cc1)c1ccc2ccccc2c1. The number of nitrogens with one attached hydrogen (secondary N) is 1. The van der Waals surface area contributed by atoms with Crippen LogP contribution in [0.2, 0.25) is 0 Å². The summed E-state index contributed by atoms with van der Waals surface area (Å²) in [6.07, 6.45) is 0. The Balaban J connectivity index is 1.56. The van der Waals surface area contributed by atoms with Gasteiger partial charge in [-0.1, -0.05) is 69.3 Å². The van der Waals surface area contributed by atoms with Crippen molar-refractivity contribution < 1.29 is 9.53 Å². The first-order valence-electron chi connectivity index (χ1n) is 9.38. The second-order valence-electron chi connectivity index (χ2n) is 7.86. The van der Waals surface area contributed by atoms with E-state index in [1.165, 1.54) is 10.9 Å². The number of ether oxygens (including phenoxy) is 1. The van der Waals surface area contributed by atoms with Crippen molar-refractivity contribution in [1.82, 2.24) is 5.43 Å². The molecule has 0 fully saturated rings. The number of nitrogens with zero attached hydrogens (tertiary/aromatic N) is 1. The molecule has 0 atom stereocenters. The zero-order chi connectivity index (χ0) is 20.1. The van der Waals surface area contributed by atoms with Crippen molar-refractivity contribution in [2.45, 2.75) is 33.1 Å². The minimum absolute atomic E-state index is 0.0800. The Morgan fingerprint density at radius 3 is 2.32 bits per heavy atom. The van der Waals surface area contributed by atoms with Crippen LogP contribution >= 0.6 is 0 Å². The largest absolute Gasteiger partial charge is 0.484 e. The van der Waals surface area contributed by atoms with E-state index < -0.39 is 0 Å².